The highest BCUT2D eigenvalue weighted by Crippen LogP contribution is 2.02. The number of anilines is 1. The molecule has 4 heteroatoms. The standard InChI is InChI=1S/C8H11FN2O/c1-12-5-4-10-8-3-2-7(9)6-11-8/h2-3,6H,4-5H2,1H3,(H,10,11). The topological polar surface area (TPSA) is 34.1 Å². The number of pyridine rings is 1. The first-order valence-electron chi connectivity index (χ1n) is 3.67. The third-order valence-corrected chi connectivity index (χ3v) is 1.34. The minimum atomic E-state index is -0.327. The summed E-state index contributed by atoms with van der Waals surface area (Å²) in [6, 6.07) is 2.95. The Morgan fingerprint density at radius 2 is 2.42 bits per heavy atom. The van der Waals surface area contributed by atoms with Gasteiger partial charge in [0.15, 0.2) is 0 Å². The monoisotopic (exact) mass is 170 g/mol. The number of halogens is 1. The molecule has 1 N–H and O–H groups in total. The number of hydrogen-bond acceptors (Lipinski definition) is 3. The van der Waals surface area contributed by atoms with Gasteiger partial charge in [0.2, 0.25) is 0 Å². The van der Waals surface area contributed by atoms with Crippen molar-refractivity contribution in [3.05, 3.63) is 24.1 Å². The third kappa shape index (κ3) is 2.84. The Morgan fingerprint density at radius 3 is 3.00 bits per heavy atom. The van der Waals surface area contributed by atoms with Crippen molar-refractivity contribution < 1.29 is 9.13 Å². The molecule has 0 atom stereocenters. The minimum absolute atomic E-state index is 0.327. The molecule has 0 fully saturated rings. The van der Waals surface area contributed by atoms with Crippen molar-refractivity contribution >= 4 is 5.82 Å². The Morgan fingerprint density at radius 1 is 1.58 bits per heavy atom. The lowest BCUT2D eigenvalue weighted by molar-refractivity contribution is 0.210. The van der Waals surface area contributed by atoms with Gasteiger partial charge < -0.3 is 10.1 Å². The van der Waals surface area contributed by atoms with Crippen molar-refractivity contribution in [1.29, 1.82) is 0 Å². The fraction of sp³-hybridized carbons (Fsp3) is 0.375. The van der Waals surface area contributed by atoms with E-state index in [-0.39, 0.29) is 5.82 Å². The van der Waals surface area contributed by atoms with Crippen molar-refractivity contribution in [2.75, 3.05) is 25.6 Å². The Balaban J connectivity index is 2.37. The van der Waals surface area contributed by atoms with Crippen LogP contribution in [0.5, 0.6) is 0 Å². The summed E-state index contributed by atoms with van der Waals surface area (Å²) < 4.78 is 17.2. The lowest BCUT2D eigenvalue weighted by Gasteiger charge is -2.03. The first-order chi connectivity index (χ1) is 5.83. The maximum absolute atomic E-state index is 12.4. The van der Waals surface area contributed by atoms with E-state index in [1.807, 2.05) is 0 Å². The summed E-state index contributed by atoms with van der Waals surface area (Å²) >= 11 is 0. The largest absolute Gasteiger partial charge is 0.383 e. The van der Waals surface area contributed by atoms with Crippen LogP contribution in [0.15, 0.2) is 18.3 Å². The zero-order valence-corrected chi connectivity index (χ0v) is 6.88. The molecule has 0 aliphatic heterocycles. The van der Waals surface area contributed by atoms with Crippen LogP contribution in [0, 0.1) is 5.82 Å². The summed E-state index contributed by atoms with van der Waals surface area (Å²) in [5.41, 5.74) is 0. The summed E-state index contributed by atoms with van der Waals surface area (Å²) in [6.45, 7) is 1.29. The molecule has 1 aromatic rings. The van der Waals surface area contributed by atoms with E-state index in [0.717, 1.165) is 0 Å². The van der Waals surface area contributed by atoms with Crippen LogP contribution < -0.4 is 5.32 Å². The average molecular weight is 170 g/mol. The zero-order valence-electron chi connectivity index (χ0n) is 6.88. The lowest BCUT2D eigenvalue weighted by atomic mass is 10.4. The minimum Gasteiger partial charge on any atom is -0.383 e. The van der Waals surface area contributed by atoms with Gasteiger partial charge in [-0.05, 0) is 12.1 Å². The fourth-order valence-electron chi connectivity index (χ4n) is 0.762. The molecule has 0 aromatic carbocycles. The van der Waals surface area contributed by atoms with Gasteiger partial charge in [-0.15, -0.1) is 0 Å². The van der Waals surface area contributed by atoms with Gasteiger partial charge in [0.25, 0.3) is 0 Å². The van der Waals surface area contributed by atoms with Gasteiger partial charge in [-0.25, -0.2) is 9.37 Å². The third-order valence-electron chi connectivity index (χ3n) is 1.34. The first kappa shape index (κ1) is 8.93. The molecule has 1 aromatic heterocycles. The smallest absolute Gasteiger partial charge is 0.141 e. The Kier molecular flexibility index (Phi) is 3.47. The van der Waals surface area contributed by atoms with E-state index in [0.29, 0.717) is 19.0 Å². The van der Waals surface area contributed by atoms with Crippen LogP contribution in [-0.4, -0.2) is 25.2 Å². The molecule has 0 saturated carbocycles. The summed E-state index contributed by atoms with van der Waals surface area (Å²) in [6.07, 6.45) is 1.18. The van der Waals surface area contributed by atoms with Crippen LogP contribution in [0.2, 0.25) is 0 Å². The second kappa shape index (κ2) is 4.66. The predicted octanol–water partition coefficient (Wildman–Crippen LogP) is 1.28. The molecule has 0 saturated heterocycles. The van der Waals surface area contributed by atoms with Crippen molar-refractivity contribution in [3.8, 4) is 0 Å². The number of aromatic nitrogens is 1. The molecule has 0 aliphatic carbocycles. The number of rotatable bonds is 4. The van der Waals surface area contributed by atoms with Gasteiger partial charge in [-0.2, -0.15) is 0 Å². The van der Waals surface area contributed by atoms with Crippen molar-refractivity contribution in [1.82, 2.24) is 4.98 Å². The van der Waals surface area contributed by atoms with Gasteiger partial charge >= 0.3 is 0 Å². The van der Waals surface area contributed by atoms with Gasteiger partial charge in [0.1, 0.15) is 11.6 Å². The highest BCUT2D eigenvalue weighted by molar-refractivity contribution is 5.33. The normalized spacial score (nSPS) is 9.83. The van der Waals surface area contributed by atoms with E-state index in [2.05, 4.69) is 10.3 Å². The molecule has 1 rings (SSSR count). The van der Waals surface area contributed by atoms with E-state index in [1.165, 1.54) is 12.3 Å². The molecule has 0 bridgehead atoms. The molecule has 0 spiro atoms. The second-order valence-corrected chi connectivity index (χ2v) is 2.28. The Labute approximate surface area is 70.6 Å². The summed E-state index contributed by atoms with van der Waals surface area (Å²) in [5.74, 6) is 0.334. The van der Waals surface area contributed by atoms with E-state index in [1.54, 1.807) is 13.2 Å². The number of nitrogens with one attached hydrogen (secondary N) is 1. The van der Waals surface area contributed by atoms with Gasteiger partial charge in [-0.3, -0.25) is 0 Å². The molecular weight excluding hydrogens is 159 g/mol. The molecule has 0 radical (unpaired) electrons. The van der Waals surface area contributed by atoms with E-state index in [4.69, 9.17) is 4.74 Å². The molecule has 0 aliphatic rings. The maximum Gasteiger partial charge on any atom is 0.141 e. The predicted molar refractivity (Wildman–Crippen MR) is 44.6 cm³/mol. The van der Waals surface area contributed by atoms with Crippen LogP contribution >= 0.6 is 0 Å². The summed E-state index contributed by atoms with van der Waals surface area (Å²) in [4.78, 5) is 3.81. The molecule has 3 nitrogen and oxygen atoms in total. The van der Waals surface area contributed by atoms with Gasteiger partial charge in [0, 0.05) is 13.7 Å². The van der Waals surface area contributed by atoms with E-state index < -0.39 is 0 Å². The number of ether oxygens (including phenoxy) is 1. The second-order valence-electron chi connectivity index (χ2n) is 2.28. The summed E-state index contributed by atoms with van der Waals surface area (Å²) in [5, 5.41) is 2.97. The first-order valence-corrected chi connectivity index (χ1v) is 3.67. The summed E-state index contributed by atoms with van der Waals surface area (Å²) in [7, 11) is 1.62. The number of hydrogen-bond donors (Lipinski definition) is 1. The molecule has 0 amide bonds. The van der Waals surface area contributed by atoms with E-state index >= 15 is 0 Å². The van der Waals surface area contributed by atoms with Crippen molar-refractivity contribution in [2.45, 2.75) is 0 Å². The van der Waals surface area contributed by atoms with Crippen LogP contribution in [0.25, 0.3) is 0 Å². The molecule has 1 heterocycles. The lowest BCUT2D eigenvalue weighted by Crippen LogP contribution is -2.08. The van der Waals surface area contributed by atoms with Crippen molar-refractivity contribution in [2.24, 2.45) is 0 Å². The highest BCUT2D eigenvalue weighted by atomic mass is 19.1. The molecule has 0 unspecified atom stereocenters. The quantitative estimate of drug-likeness (QED) is 0.691. The number of nitrogens with zero attached hydrogens (tertiary/aromatic N) is 1. The fourth-order valence-corrected chi connectivity index (χ4v) is 0.762. The van der Waals surface area contributed by atoms with Gasteiger partial charge in [-0.1, -0.05) is 0 Å². The van der Waals surface area contributed by atoms with E-state index in [9.17, 15) is 4.39 Å². The Bertz CT molecular complexity index is 225. The van der Waals surface area contributed by atoms with Crippen LogP contribution in [0.3, 0.4) is 0 Å². The molecule has 66 valence electrons. The SMILES string of the molecule is COCCNc1ccc(F)cn1. The van der Waals surface area contributed by atoms with Crippen LogP contribution in [0.4, 0.5) is 10.2 Å². The average Bonchev–Trinajstić information content (AvgIpc) is 2.09. The molecule has 12 heavy (non-hydrogen) atoms. The van der Waals surface area contributed by atoms with Crippen LogP contribution in [-0.2, 0) is 4.74 Å². The Hall–Kier alpha value is -1.16. The maximum atomic E-state index is 12.4. The highest BCUT2D eigenvalue weighted by Gasteiger charge is 1.92. The zero-order chi connectivity index (χ0) is 8.81. The molecular formula is C8H11FN2O. The number of methoxy groups -OCH3 is 1. The van der Waals surface area contributed by atoms with Crippen LogP contribution in [0.1, 0.15) is 0 Å². The van der Waals surface area contributed by atoms with Crippen molar-refractivity contribution in [3.63, 3.8) is 0 Å². The van der Waals surface area contributed by atoms with Gasteiger partial charge in [0.05, 0.1) is 12.8 Å².